The van der Waals surface area contributed by atoms with Gasteiger partial charge < -0.3 is 4.90 Å². The van der Waals surface area contributed by atoms with E-state index in [1.165, 1.54) is 11.2 Å². The third-order valence-electron chi connectivity index (χ3n) is 3.45. The fourth-order valence-corrected chi connectivity index (χ4v) is 3.77. The quantitative estimate of drug-likeness (QED) is 0.823. The maximum absolute atomic E-state index is 12.6. The Morgan fingerprint density at radius 2 is 1.85 bits per heavy atom. The zero-order valence-corrected chi connectivity index (χ0v) is 12.7. The number of Topliss-reactive ketones (excluding diaryl/α,β-unsaturated/α-hetero) is 1. The zero-order chi connectivity index (χ0) is 14.8. The molecule has 0 amide bonds. The molecule has 1 fully saturated rings. The summed E-state index contributed by atoms with van der Waals surface area (Å²) in [5, 5.41) is 0. The summed E-state index contributed by atoms with van der Waals surface area (Å²) in [7, 11) is -1.46. The van der Waals surface area contributed by atoms with E-state index < -0.39 is 10.0 Å². The van der Waals surface area contributed by atoms with Crippen molar-refractivity contribution in [1.29, 1.82) is 0 Å². The van der Waals surface area contributed by atoms with Crippen LogP contribution in [0.1, 0.15) is 12.5 Å². The van der Waals surface area contributed by atoms with Gasteiger partial charge in [0.1, 0.15) is 5.78 Å². The van der Waals surface area contributed by atoms with Gasteiger partial charge in [0.05, 0.1) is 4.90 Å². The zero-order valence-electron chi connectivity index (χ0n) is 11.9. The van der Waals surface area contributed by atoms with Crippen molar-refractivity contribution in [2.45, 2.75) is 18.2 Å². The SMILES string of the molecule is CC(=O)Cc1cccc(S(=O)(=O)N2CCN(C)CC2)c1. The maximum Gasteiger partial charge on any atom is 0.243 e. The first-order chi connectivity index (χ1) is 9.39. The lowest BCUT2D eigenvalue weighted by Crippen LogP contribution is -2.47. The van der Waals surface area contributed by atoms with Crippen molar-refractivity contribution in [1.82, 2.24) is 9.21 Å². The van der Waals surface area contributed by atoms with E-state index in [-0.39, 0.29) is 17.1 Å². The van der Waals surface area contributed by atoms with Gasteiger partial charge in [-0.2, -0.15) is 4.31 Å². The molecule has 0 radical (unpaired) electrons. The predicted molar refractivity (Wildman–Crippen MR) is 77.1 cm³/mol. The number of hydrogen-bond donors (Lipinski definition) is 0. The molecule has 1 aromatic rings. The molecule has 1 saturated heterocycles. The topological polar surface area (TPSA) is 57.7 Å². The number of sulfonamides is 1. The highest BCUT2D eigenvalue weighted by atomic mass is 32.2. The standard InChI is InChI=1S/C14H20N2O3S/c1-12(17)10-13-4-3-5-14(11-13)20(18,19)16-8-6-15(2)7-9-16/h3-5,11H,6-10H2,1-2H3. The van der Waals surface area contributed by atoms with Crippen molar-refractivity contribution in [2.75, 3.05) is 33.2 Å². The van der Waals surface area contributed by atoms with E-state index in [0.717, 1.165) is 18.7 Å². The Morgan fingerprint density at radius 3 is 2.45 bits per heavy atom. The number of piperazine rings is 1. The smallest absolute Gasteiger partial charge is 0.243 e. The minimum atomic E-state index is -3.45. The second-order valence-corrected chi connectivity index (χ2v) is 7.17. The number of ketones is 1. The molecule has 0 atom stereocenters. The maximum atomic E-state index is 12.6. The molecule has 0 aliphatic carbocycles. The van der Waals surface area contributed by atoms with Crippen molar-refractivity contribution in [3.8, 4) is 0 Å². The Hall–Kier alpha value is -1.24. The number of benzene rings is 1. The second-order valence-electron chi connectivity index (χ2n) is 5.23. The number of likely N-dealkylation sites (N-methyl/N-ethyl adjacent to an activating group) is 1. The van der Waals surface area contributed by atoms with Crippen molar-refractivity contribution >= 4 is 15.8 Å². The van der Waals surface area contributed by atoms with Crippen LogP contribution < -0.4 is 0 Å². The lowest BCUT2D eigenvalue weighted by molar-refractivity contribution is -0.116. The van der Waals surface area contributed by atoms with Gasteiger partial charge in [0.2, 0.25) is 10.0 Å². The van der Waals surface area contributed by atoms with Crippen molar-refractivity contribution in [3.05, 3.63) is 29.8 Å². The van der Waals surface area contributed by atoms with Crippen LogP contribution >= 0.6 is 0 Å². The summed E-state index contributed by atoms with van der Waals surface area (Å²) >= 11 is 0. The highest BCUT2D eigenvalue weighted by Gasteiger charge is 2.27. The summed E-state index contributed by atoms with van der Waals surface area (Å²) in [5.74, 6) is 0.0270. The normalized spacial score (nSPS) is 18.1. The average molecular weight is 296 g/mol. The molecule has 110 valence electrons. The lowest BCUT2D eigenvalue weighted by atomic mass is 10.1. The van der Waals surface area contributed by atoms with Crippen LogP contribution in [-0.4, -0.2) is 56.6 Å². The fraction of sp³-hybridized carbons (Fsp3) is 0.500. The second kappa shape index (κ2) is 6.03. The minimum absolute atomic E-state index is 0.0270. The molecule has 1 aliphatic heterocycles. The van der Waals surface area contributed by atoms with Gasteiger partial charge in [0, 0.05) is 32.6 Å². The number of carbonyl (C=O) groups is 1. The molecule has 0 bridgehead atoms. The number of rotatable bonds is 4. The van der Waals surface area contributed by atoms with E-state index in [0.29, 0.717) is 13.1 Å². The van der Waals surface area contributed by atoms with E-state index >= 15 is 0 Å². The molecule has 0 N–H and O–H groups in total. The van der Waals surface area contributed by atoms with Crippen molar-refractivity contribution in [2.24, 2.45) is 0 Å². The van der Waals surface area contributed by atoms with Crippen LogP contribution in [0.5, 0.6) is 0 Å². The molecule has 1 aromatic carbocycles. The van der Waals surface area contributed by atoms with Gasteiger partial charge in [0.25, 0.3) is 0 Å². The number of carbonyl (C=O) groups excluding carboxylic acids is 1. The van der Waals surface area contributed by atoms with Gasteiger partial charge in [-0.05, 0) is 31.7 Å². The third-order valence-corrected chi connectivity index (χ3v) is 5.35. The molecule has 0 saturated carbocycles. The van der Waals surface area contributed by atoms with Gasteiger partial charge in [0.15, 0.2) is 0 Å². The van der Waals surface area contributed by atoms with Crippen LogP contribution in [0.4, 0.5) is 0 Å². The van der Waals surface area contributed by atoms with E-state index in [1.807, 2.05) is 7.05 Å². The summed E-state index contributed by atoms with van der Waals surface area (Å²) in [6, 6.07) is 6.68. The first kappa shape index (κ1) is 15.2. The van der Waals surface area contributed by atoms with Crippen molar-refractivity contribution in [3.63, 3.8) is 0 Å². The van der Waals surface area contributed by atoms with E-state index in [2.05, 4.69) is 4.90 Å². The van der Waals surface area contributed by atoms with Crippen LogP contribution in [0, 0.1) is 0 Å². The van der Waals surface area contributed by atoms with Crippen molar-refractivity contribution < 1.29 is 13.2 Å². The van der Waals surface area contributed by atoms with Gasteiger partial charge in [-0.3, -0.25) is 4.79 Å². The Bertz CT molecular complexity index is 590. The summed E-state index contributed by atoms with van der Waals surface area (Å²) in [5.41, 5.74) is 0.743. The summed E-state index contributed by atoms with van der Waals surface area (Å²) in [4.78, 5) is 13.5. The average Bonchev–Trinajstić information content (AvgIpc) is 2.39. The molecule has 6 heteroatoms. The van der Waals surface area contributed by atoms with Crippen LogP contribution in [0.2, 0.25) is 0 Å². The predicted octanol–water partition coefficient (Wildman–Crippen LogP) is 0.754. The Kier molecular flexibility index (Phi) is 4.57. The van der Waals surface area contributed by atoms with Gasteiger partial charge >= 0.3 is 0 Å². The van der Waals surface area contributed by atoms with Crippen LogP contribution in [0.25, 0.3) is 0 Å². The highest BCUT2D eigenvalue weighted by molar-refractivity contribution is 7.89. The van der Waals surface area contributed by atoms with Crippen LogP contribution in [0.15, 0.2) is 29.2 Å². The largest absolute Gasteiger partial charge is 0.304 e. The monoisotopic (exact) mass is 296 g/mol. The fourth-order valence-electron chi connectivity index (χ4n) is 2.28. The Balaban J connectivity index is 2.23. The number of nitrogens with zero attached hydrogens (tertiary/aromatic N) is 2. The first-order valence-electron chi connectivity index (χ1n) is 6.66. The van der Waals surface area contributed by atoms with E-state index in [1.54, 1.807) is 24.3 Å². The highest BCUT2D eigenvalue weighted by Crippen LogP contribution is 2.18. The third kappa shape index (κ3) is 3.45. The summed E-state index contributed by atoms with van der Waals surface area (Å²) < 4.78 is 26.6. The first-order valence-corrected chi connectivity index (χ1v) is 8.10. The molecular weight excluding hydrogens is 276 g/mol. The number of hydrogen-bond acceptors (Lipinski definition) is 4. The minimum Gasteiger partial charge on any atom is -0.304 e. The van der Waals surface area contributed by atoms with Crippen LogP contribution in [-0.2, 0) is 21.2 Å². The molecular formula is C14H20N2O3S. The van der Waals surface area contributed by atoms with E-state index in [4.69, 9.17) is 0 Å². The molecule has 0 aromatic heterocycles. The summed E-state index contributed by atoms with van der Waals surface area (Å²) in [6.45, 7) is 4.01. The van der Waals surface area contributed by atoms with E-state index in [9.17, 15) is 13.2 Å². The van der Waals surface area contributed by atoms with Gasteiger partial charge in [-0.15, -0.1) is 0 Å². The molecule has 20 heavy (non-hydrogen) atoms. The molecule has 1 aliphatic rings. The molecule has 0 spiro atoms. The molecule has 1 heterocycles. The Morgan fingerprint density at radius 1 is 1.20 bits per heavy atom. The van der Waals surface area contributed by atoms with Crippen LogP contribution in [0.3, 0.4) is 0 Å². The molecule has 0 unspecified atom stereocenters. The van der Waals surface area contributed by atoms with Gasteiger partial charge in [-0.25, -0.2) is 8.42 Å². The molecule has 5 nitrogen and oxygen atoms in total. The molecule has 2 rings (SSSR count). The Labute approximate surface area is 120 Å². The van der Waals surface area contributed by atoms with Gasteiger partial charge in [-0.1, -0.05) is 12.1 Å². The summed E-state index contributed by atoms with van der Waals surface area (Å²) in [6.07, 6.45) is 0.270. The lowest BCUT2D eigenvalue weighted by Gasteiger charge is -2.31.